The SMILES string of the molecule is CCc1ccccc1NC(=O)C(=O)Nc1cc(OC)c(Cl)cc1OC. The number of hydrogen-bond acceptors (Lipinski definition) is 4. The third-order valence-electron chi connectivity index (χ3n) is 3.57. The van der Waals surface area contributed by atoms with Gasteiger partial charge in [0, 0.05) is 17.8 Å². The Morgan fingerprint density at radius 3 is 2.16 bits per heavy atom. The highest BCUT2D eigenvalue weighted by molar-refractivity contribution is 6.44. The summed E-state index contributed by atoms with van der Waals surface area (Å²) >= 11 is 6.02. The molecule has 0 saturated carbocycles. The third-order valence-corrected chi connectivity index (χ3v) is 3.87. The van der Waals surface area contributed by atoms with Gasteiger partial charge < -0.3 is 20.1 Å². The van der Waals surface area contributed by atoms with Gasteiger partial charge in [-0.15, -0.1) is 0 Å². The Morgan fingerprint density at radius 2 is 1.56 bits per heavy atom. The van der Waals surface area contributed by atoms with Gasteiger partial charge in [0.25, 0.3) is 0 Å². The molecular formula is C18H19ClN2O4. The maximum Gasteiger partial charge on any atom is 0.314 e. The highest BCUT2D eigenvalue weighted by Crippen LogP contribution is 2.35. The first-order valence-corrected chi connectivity index (χ1v) is 7.99. The summed E-state index contributed by atoms with van der Waals surface area (Å²) in [6.07, 6.45) is 0.736. The van der Waals surface area contributed by atoms with E-state index in [1.165, 1.54) is 26.4 Å². The fourth-order valence-electron chi connectivity index (χ4n) is 2.27. The van der Waals surface area contributed by atoms with Crippen molar-refractivity contribution in [2.24, 2.45) is 0 Å². The molecule has 2 rings (SSSR count). The molecule has 0 aliphatic carbocycles. The fraction of sp³-hybridized carbons (Fsp3) is 0.222. The smallest absolute Gasteiger partial charge is 0.314 e. The summed E-state index contributed by atoms with van der Waals surface area (Å²) in [5.74, 6) is -0.930. The monoisotopic (exact) mass is 362 g/mol. The lowest BCUT2D eigenvalue weighted by Crippen LogP contribution is -2.29. The second-order valence-electron chi connectivity index (χ2n) is 5.11. The number of amides is 2. The molecule has 2 N–H and O–H groups in total. The number of aryl methyl sites for hydroxylation is 1. The van der Waals surface area contributed by atoms with Gasteiger partial charge in [0.1, 0.15) is 11.5 Å². The summed E-state index contributed by atoms with van der Waals surface area (Å²) in [7, 11) is 2.89. The van der Waals surface area contributed by atoms with Crippen LogP contribution >= 0.6 is 11.6 Å². The molecule has 132 valence electrons. The van der Waals surface area contributed by atoms with E-state index in [1.807, 2.05) is 19.1 Å². The van der Waals surface area contributed by atoms with Gasteiger partial charge in [-0.1, -0.05) is 36.7 Å². The summed E-state index contributed by atoms with van der Waals surface area (Å²) in [5, 5.41) is 5.45. The Hall–Kier alpha value is -2.73. The second kappa shape index (κ2) is 8.39. The molecule has 0 saturated heterocycles. The zero-order valence-corrected chi connectivity index (χ0v) is 14.9. The van der Waals surface area contributed by atoms with Crippen molar-refractivity contribution in [2.45, 2.75) is 13.3 Å². The van der Waals surface area contributed by atoms with Gasteiger partial charge in [-0.3, -0.25) is 9.59 Å². The highest BCUT2D eigenvalue weighted by atomic mass is 35.5. The molecule has 0 bridgehead atoms. The van der Waals surface area contributed by atoms with Crippen LogP contribution in [-0.4, -0.2) is 26.0 Å². The average molecular weight is 363 g/mol. The van der Waals surface area contributed by atoms with Crippen LogP contribution in [0.15, 0.2) is 36.4 Å². The van der Waals surface area contributed by atoms with Crippen LogP contribution in [0.5, 0.6) is 11.5 Å². The first kappa shape index (κ1) is 18.6. The van der Waals surface area contributed by atoms with E-state index < -0.39 is 11.8 Å². The van der Waals surface area contributed by atoms with Crippen molar-refractivity contribution < 1.29 is 19.1 Å². The first-order chi connectivity index (χ1) is 12.0. The minimum Gasteiger partial charge on any atom is -0.495 e. The standard InChI is InChI=1S/C18H19ClN2O4/c1-4-11-7-5-6-8-13(11)20-17(22)18(23)21-14-10-15(24-2)12(19)9-16(14)25-3/h5-10H,4H2,1-3H3,(H,20,22)(H,21,23). The van der Waals surface area contributed by atoms with Crippen molar-refractivity contribution in [1.82, 2.24) is 0 Å². The average Bonchev–Trinajstić information content (AvgIpc) is 2.62. The summed E-state index contributed by atoms with van der Waals surface area (Å²) in [5.41, 5.74) is 1.83. The van der Waals surface area contributed by atoms with Crippen LogP contribution < -0.4 is 20.1 Å². The molecule has 0 unspecified atom stereocenters. The predicted molar refractivity (Wildman–Crippen MR) is 97.6 cm³/mol. The number of nitrogens with one attached hydrogen (secondary N) is 2. The van der Waals surface area contributed by atoms with Crippen molar-refractivity contribution in [3.8, 4) is 11.5 Å². The predicted octanol–water partition coefficient (Wildman–Crippen LogP) is 3.50. The normalized spacial score (nSPS) is 10.1. The molecule has 0 radical (unpaired) electrons. The van der Waals surface area contributed by atoms with Gasteiger partial charge in [-0.25, -0.2) is 0 Å². The molecule has 0 atom stereocenters. The summed E-state index contributed by atoms with van der Waals surface area (Å²) in [4.78, 5) is 24.4. The first-order valence-electron chi connectivity index (χ1n) is 7.61. The molecule has 7 heteroatoms. The van der Waals surface area contributed by atoms with Crippen LogP contribution in [0.1, 0.15) is 12.5 Å². The van der Waals surface area contributed by atoms with Crippen molar-refractivity contribution in [2.75, 3.05) is 24.9 Å². The van der Waals surface area contributed by atoms with Gasteiger partial charge in [0.2, 0.25) is 0 Å². The van der Waals surface area contributed by atoms with Gasteiger partial charge >= 0.3 is 11.8 Å². The molecular weight excluding hydrogens is 344 g/mol. The zero-order chi connectivity index (χ0) is 18.4. The van der Waals surface area contributed by atoms with Crippen LogP contribution in [0.2, 0.25) is 5.02 Å². The van der Waals surface area contributed by atoms with E-state index in [1.54, 1.807) is 12.1 Å². The second-order valence-corrected chi connectivity index (χ2v) is 5.51. The van der Waals surface area contributed by atoms with E-state index >= 15 is 0 Å². The summed E-state index contributed by atoms with van der Waals surface area (Å²) in [6, 6.07) is 10.3. The van der Waals surface area contributed by atoms with Crippen LogP contribution in [0.4, 0.5) is 11.4 Å². The van der Waals surface area contributed by atoms with Crippen molar-refractivity contribution in [3.63, 3.8) is 0 Å². The lowest BCUT2D eigenvalue weighted by atomic mass is 10.1. The molecule has 2 aromatic rings. The Balaban J connectivity index is 2.17. The fourth-order valence-corrected chi connectivity index (χ4v) is 2.50. The van der Waals surface area contributed by atoms with E-state index in [0.717, 1.165) is 12.0 Å². The lowest BCUT2D eigenvalue weighted by molar-refractivity contribution is -0.133. The number of rotatable bonds is 5. The van der Waals surface area contributed by atoms with E-state index in [9.17, 15) is 9.59 Å². The summed E-state index contributed by atoms with van der Waals surface area (Å²) in [6.45, 7) is 1.97. The number of hydrogen-bond donors (Lipinski definition) is 2. The number of anilines is 2. The minimum atomic E-state index is -0.825. The molecule has 0 fully saturated rings. The van der Waals surface area contributed by atoms with Gasteiger partial charge in [0.15, 0.2) is 0 Å². The molecule has 0 aliphatic heterocycles. The molecule has 0 aliphatic rings. The Morgan fingerprint density at radius 1 is 0.960 bits per heavy atom. The third kappa shape index (κ3) is 4.42. The Kier molecular flexibility index (Phi) is 6.25. The molecule has 2 aromatic carbocycles. The highest BCUT2D eigenvalue weighted by Gasteiger charge is 2.18. The summed E-state index contributed by atoms with van der Waals surface area (Å²) < 4.78 is 10.3. The Bertz CT molecular complexity index is 793. The number of carbonyl (C=O) groups excluding carboxylic acids is 2. The molecule has 0 spiro atoms. The molecule has 0 aromatic heterocycles. The molecule has 0 heterocycles. The number of para-hydroxylation sites is 1. The lowest BCUT2D eigenvalue weighted by Gasteiger charge is -2.13. The van der Waals surface area contributed by atoms with E-state index in [4.69, 9.17) is 21.1 Å². The molecule has 25 heavy (non-hydrogen) atoms. The molecule has 2 amide bonds. The van der Waals surface area contributed by atoms with E-state index in [-0.39, 0.29) is 5.69 Å². The van der Waals surface area contributed by atoms with Crippen molar-refractivity contribution in [3.05, 3.63) is 47.0 Å². The van der Waals surface area contributed by atoms with Gasteiger partial charge in [-0.05, 0) is 18.1 Å². The van der Waals surface area contributed by atoms with Gasteiger partial charge in [-0.2, -0.15) is 0 Å². The Labute approximate surface area is 151 Å². The topological polar surface area (TPSA) is 76.7 Å². The van der Waals surface area contributed by atoms with Crippen molar-refractivity contribution in [1.29, 1.82) is 0 Å². The zero-order valence-electron chi connectivity index (χ0n) is 14.2. The number of carbonyl (C=O) groups is 2. The van der Waals surface area contributed by atoms with E-state index in [2.05, 4.69) is 10.6 Å². The van der Waals surface area contributed by atoms with Crippen LogP contribution in [-0.2, 0) is 16.0 Å². The largest absolute Gasteiger partial charge is 0.495 e. The number of halogens is 1. The van der Waals surface area contributed by atoms with Crippen LogP contribution in [0, 0.1) is 0 Å². The number of benzene rings is 2. The molecule has 6 nitrogen and oxygen atoms in total. The maximum absolute atomic E-state index is 12.2. The quantitative estimate of drug-likeness (QED) is 0.798. The number of ether oxygens (including phenoxy) is 2. The number of methoxy groups -OCH3 is 2. The van der Waals surface area contributed by atoms with Gasteiger partial charge in [0.05, 0.1) is 24.9 Å². The van der Waals surface area contributed by atoms with Crippen LogP contribution in [0.3, 0.4) is 0 Å². The van der Waals surface area contributed by atoms with Crippen molar-refractivity contribution >= 4 is 34.8 Å². The van der Waals surface area contributed by atoms with E-state index in [0.29, 0.717) is 22.2 Å². The van der Waals surface area contributed by atoms with Crippen LogP contribution in [0.25, 0.3) is 0 Å². The minimum absolute atomic E-state index is 0.285. The maximum atomic E-state index is 12.2.